The lowest BCUT2D eigenvalue weighted by molar-refractivity contribution is 0.470. The summed E-state index contributed by atoms with van der Waals surface area (Å²) < 4.78 is 1.56. The van der Waals surface area contributed by atoms with Crippen molar-refractivity contribution in [3.8, 4) is 12.1 Å². The molecule has 0 saturated heterocycles. The summed E-state index contributed by atoms with van der Waals surface area (Å²) >= 11 is 0. The lowest BCUT2D eigenvalue weighted by Gasteiger charge is -2.24. The molecule has 1 unspecified atom stereocenters. The Morgan fingerprint density at radius 1 is 1.31 bits per heavy atom. The molecule has 1 aromatic heterocycles. The standard InChI is InChI=1S/C16H15N5O.C2H3N.H2O/c1-11-7-8-14(20-19-13-5-3-2-4-6-13)15-18-10-12(9-17)16(22)21(11)15;1-2-3;/h2-6,10-11,19H,7-8H2,1H3;1H3;1H2/b20-14+;;. The molecule has 1 atom stereocenters. The molecule has 1 aliphatic rings. The van der Waals surface area contributed by atoms with Crippen LogP contribution in [0.15, 0.2) is 46.4 Å². The molecule has 2 aromatic rings. The predicted octanol–water partition coefficient (Wildman–Crippen LogP) is 1.99. The van der Waals surface area contributed by atoms with E-state index in [4.69, 9.17) is 10.5 Å². The molecule has 0 amide bonds. The fourth-order valence-electron chi connectivity index (χ4n) is 2.51. The Morgan fingerprint density at radius 3 is 2.58 bits per heavy atom. The molecule has 3 rings (SSSR count). The van der Waals surface area contributed by atoms with E-state index < -0.39 is 0 Å². The van der Waals surface area contributed by atoms with Gasteiger partial charge in [-0.2, -0.15) is 15.6 Å². The highest BCUT2D eigenvalue weighted by Gasteiger charge is 2.24. The summed E-state index contributed by atoms with van der Waals surface area (Å²) in [6, 6.07) is 13.2. The SMILES string of the molecule is CC#N.CC1CC/C(=N\Nc2ccccc2)c2ncc(C#N)c(=O)n21.O. The molecule has 0 radical (unpaired) electrons. The van der Waals surface area contributed by atoms with E-state index in [1.807, 2.05) is 43.3 Å². The van der Waals surface area contributed by atoms with Gasteiger partial charge in [0.05, 0.1) is 18.0 Å². The number of nitrogens with zero attached hydrogens (tertiary/aromatic N) is 5. The van der Waals surface area contributed by atoms with Gasteiger partial charge in [0.1, 0.15) is 17.3 Å². The fraction of sp³-hybridized carbons (Fsp3) is 0.278. The summed E-state index contributed by atoms with van der Waals surface area (Å²) in [4.78, 5) is 16.6. The maximum Gasteiger partial charge on any atom is 0.271 e. The zero-order valence-electron chi connectivity index (χ0n) is 14.6. The van der Waals surface area contributed by atoms with E-state index >= 15 is 0 Å². The molecule has 0 spiro atoms. The number of benzene rings is 1. The second kappa shape index (κ2) is 9.72. The average Bonchev–Trinajstić information content (AvgIpc) is 2.63. The van der Waals surface area contributed by atoms with Gasteiger partial charge in [-0.05, 0) is 31.9 Å². The molecule has 1 aliphatic heterocycles. The molecule has 0 fully saturated rings. The molecule has 0 aliphatic carbocycles. The van der Waals surface area contributed by atoms with Gasteiger partial charge in [0.15, 0.2) is 5.82 Å². The van der Waals surface area contributed by atoms with Crippen LogP contribution in [0.5, 0.6) is 0 Å². The smallest absolute Gasteiger partial charge is 0.271 e. The van der Waals surface area contributed by atoms with E-state index in [9.17, 15) is 4.79 Å². The summed E-state index contributed by atoms with van der Waals surface area (Å²) in [5, 5.41) is 20.7. The van der Waals surface area contributed by atoms with E-state index in [0.717, 1.165) is 24.2 Å². The first-order valence-corrected chi connectivity index (χ1v) is 7.82. The van der Waals surface area contributed by atoms with Crippen LogP contribution in [-0.4, -0.2) is 20.7 Å². The van der Waals surface area contributed by atoms with Crippen LogP contribution in [0.4, 0.5) is 5.69 Å². The Morgan fingerprint density at radius 2 is 1.96 bits per heavy atom. The van der Waals surface area contributed by atoms with Gasteiger partial charge >= 0.3 is 0 Å². The highest BCUT2D eigenvalue weighted by Crippen LogP contribution is 2.22. The number of nitrogens with one attached hydrogen (secondary N) is 1. The highest BCUT2D eigenvalue weighted by atomic mass is 16.1. The number of hydrazone groups is 1. The first kappa shape index (κ1) is 20.6. The monoisotopic (exact) mass is 352 g/mol. The summed E-state index contributed by atoms with van der Waals surface area (Å²) in [5.41, 5.74) is 4.35. The lowest BCUT2D eigenvalue weighted by Crippen LogP contribution is -2.35. The van der Waals surface area contributed by atoms with Crippen molar-refractivity contribution >= 4 is 11.4 Å². The van der Waals surface area contributed by atoms with E-state index in [2.05, 4.69) is 15.5 Å². The molecule has 0 saturated carbocycles. The normalized spacial score (nSPS) is 16.0. The number of rotatable bonds is 2. The van der Waals surface area contributed by atoms with Gasteiger partial charge in [0.2, 0.25) is 0 Å². The Hall–Kier alpha value is -3.49. The Kier molecular flexibility index (Phi) is 7.68. The van der Waals surface area contributed by atoms with Gasteiger partial charge in [0, 0.05) is 13.0 Å². The number of hydrogen-bond donors (Lipinski definition) is 1. The second-order valence-electron chi connectivity index (χ2n) is 5.43. The van der Waals surface area contributed by atoms with E-state index in [1.165, 1.54) is 13.1 Å². The maximum atomic E-state index is 12.3. The van der Waals surface area contributed by atoms with Crippen molar-refractivity contribution in [1.29, 1.82) is 10.5 Å². The zero-order valence-corrected chi connectivity index (χ0v) is 14.6. The number of anilines is 1. The third-order valence-electron chi connectivity index (χ3n) is 3.71. The van der Waals surface area contributed by atoms with E-state index in [-0.39, 0.29) is 22.6 Å². The molecule has 0 bridgehead atoms. The zero-order chi connectivity index (χ0) is 18.2. The molecular weight excluding hydrogens is 332 g/mol. The maximum absolute atomic E-state index is 12.3. The van der Waals surface area contributed by atoms with Crippen molar-refractivity contribution in [2.24, 2.45) is 5.10 Å². The first-order chi connectivity index (χ1) is 12.1. The molecular formula is C18H20N6O2. The molecule has 3 N–H and O–H groups in total. The summed E-state index contributed by atoms with van der Waals surface area (Å²) in [6.07, 6.45) is 2.85. The lowest BCUT2D eigenvalue weighted by atomic mass is 10.0. The first-order valence-electron chi connectivity index (χ1n) is 7.82. The number of aromatic nitrogens is 2. The van der Waals surface area contributed by atoms with Crippen molar-refractivity contribution in [3.63, 3.8) is 0 Å². The van der Waals surface area contributed by atoms with Crippen LogP contribution >= 0.6 is 0 Å². The van der Waals surface area contributed by atoms with Crippen molar-refractivity contribution in [2.45, 2.75) is 32.7 Å². The summed E-state index contributed by atoms with van der Waals surface area (Å²) in [7, 11) is 0. The number of hydrogen-bond acceptors (Lipinski definition) is 6. The van der Waals surface area contributed by atoms with Crippen LogP contribution in [0, 0.1) is 22.7 Å². The topological polar surface area (TPSA) is 138 Å². The van der Waals surface area contributed by atoms with Crippen LogP contribution in [0.1, 0.15) is 44.1 Å². The van der Waals surface area contributed by atoms with Crippen molar-refractivity contribution in [1.82, 2.24) is 9.55 Å². The molecule has 2 heterocycles. The van der Waals surface area contributed by atoms with Gasteiger partial charge in [-0.25, -0.2) is 4.98 Å². The highest BCUT2D eigenvalue weighted by molar-refractivity contribution is 5.98. The van der Waals surface area contributed by atoms with Gasteiger partial charge < -0.3 is 5.48 Å². The molecule has 134 valence electrons. The number of para-hydroxylation sites is 1. The molecule has 1 aromatic carbocycles. The Bertz CT molecular complexity index is 906. The molecule has 26 heavy (non-hydrogen) atoms. The van der Waals surface area contributed by atoms with Gasteiger partial charge in [-0.3, -0.25) is 14.8 Å². The van der Waals surface area contributed by atoms with Gasteiger partial charge in [-0.15, -0.1) is 0 Å². The largest absolute Gasteiger partial charge is 0.412 e. The van der Waals surface area contributed by atoms with Crippen LogP contribution in [0.2, 0.25) is 0 Å². The minimum atomic E-state index is -0.299. The Balaban J connectivity index is 0.000000791. The van der Waals surface area contributed by atoms with Crippen molar-refractivity contribution < 1.29 is 5.48 Å². The van der Waals surface area contributed by atoms with Crippen LogP contribution < -0.4 is 11.0 Å². The third-order valence-corrected chi connectivity index (χ3v) is 3.71. The predicted molar refractivity (Wildman–Crippen MR) is 98.7 cm³/mol. The van der Waals surface area contributed by atoms with Gasteiger partial charge in [-0.1, -0.05) is 18.2 Å². The quantitative estimate of drug-likeness (QED) is 0.823. The molecule has 8 heteroatoms. The number of fused-ring (bicyclic) bond motifs is 1. The van der Waals surface area contributed by atoms with Gasteiger partial charge in [0.25, 0.3) is 5.56 Å². The van der Waals surface area contributed by atoms with Crippen LogP contribution in [-0.2, 0) is 0 Å². The summed E-state index contributed by atoms with van der Waals surface area (Å²) in [6.45, 7) is 3.38. The Labute approximate surface area is 151 Å². The summed E-state index contributed by atoms with van der Waals surface area (Å²) in [5.74, 6) is 0.534. The van der Waals surface area contributed by atoms with Crippen molar-refractivity contribution in [3.05, 3.63) is 58.3 Å². The van der Waals surface area contributed by atoms with E-state index in [1.54, 1.807) is 10.6 Å². The van der Waals surface area contributed by atoms with Crippen LogP contribution in [0.3, 0.4) is 0 Å². The van der Waals surface area contributed by atoms with E-state index in [0.29, 0.717) is 5.82 Å². The average molecular weight is 352 g/mol. The minimum absolute atomic E-state index is 0. The second-order valence-corrected chi connectivity index (χ2v) is 5.43. The minimum Gasteiger partial charge on any atom is -0.412 e. The van der Waals surface area contributed by atoms with Crippen LogP contribution in [0.25, 0.3) is 0 Å². The van der Waals surface area contributed by atoms with Crippen molar-refractivity contribution in [2.75, 3.05) is 5.43 Å². The number of nitriles is 2. The fourth-order valence-corrected chi connectivity index (χ4v) is 2.51. The third kappa shape index (κ3) is 4.53. The molecule has 8 nitrogen and oxygen atoms in total.